The topological polar surface area (TPSA) is 85.2 Å². The minimum absolute atomic E-state index is 0.0391. The van der Waals surface area contributed by atoms with E-state index in [1.807, 2.05) is 26.0 Å². The molecule has 0 aliphatic carbocycles. The highest BCUT2D eigenvalue weighted by molar-refractivity contribution is 6.33. The molecule has 0 atom stereocenters. The summed E-state index contributed by atoms with van der Waals surface area (Å²) in [4.78, 5) is 24.5. The Morgan fingerprint density at radius 1 is 1.07 bits per heavy atom. The van der Waals surface area contributed by atoms with Crippen LogP contribution < -0.4 is 15.6 Å². The van der Waals surface area contributed by atoms with Gasteiger partial charge in [-0.05, 0) is 68.3 Å². The molecule has 156 valence electrons. The van der Waals surface area contributed by atoms with Crippen LogP contribution in [0.5, 0.6) is 5.75 Å². The third-order valence-corrected chi connectivity index (χ3v) is 4.82. The molecule has 0 saturated heterocycles. The Morgan fingerprint density at radius 2 is 1.77 bits per heavy atom. The number of nitrogens with one attached hydrogen (secondary N) is 2. The Labute approximate surface area is 177 Å². The summed E-state index contributed by atoms with van der Waals surface area (Å²) in [5.74, 6) is -1.02. The van der Waals surface area contributed by atoms with Gasteiger partial charge in [0.15, 0.2) is 6.61 Å². The fraction of sp³-hybridized carbons (Fsp3) is 0.190. The summed E-state index contributed by atoms with van der Waals surface area (Å²) >= 11 is 6.29. The van der Waals surface area contributed by atoms with Crippen molar-refractivity contribution < 1.29 is 18.7 Å². The Hall–Kier alpha value is -3.39. The number of nitrogens with zero attached hydrogens (tertiary/aromatic N) is 2. The molecule has 7 nitrogen and oxygen atoms in total. The van der Waals surface area contributed by atoms with Crippen molar-refractivity contribution in [1.82, 2.24) is 20.6 Å². The highest BCUT2D eigenvalue weighted by atomic mass is 35.5. The van der Waals surface area contributed by atoms with Gasteiger partial charge in [-0.2, -0.15) is 5.10 Å². The first-order valence-electron chi connectivity index (χ1n) is 9.06. The van der Waals surface area contributed by atoms with Crippen LogP contribution in [-0.2, 0) is 4.79 Å². The quantitative estimate of drug-likeness (QED) is 0.607. The van der Waals surface area contributed by atoms with Gasteiger partial charge in [-0.3, -0.25) is 20.4 Å². The SMILES string of the molecule is Cc1ccc(OCC(=O)NNC(=O)c2c(C)nn(-c3ccc(F)cc3)c2Cl)cc1C. The van der Waals surface area contributed by atoms with Gasteiger partial charge in [0.05, 0.1) is 11.4 Å². The molecule has 2 aromatic carbocycles. The smallest absolute Gasteiger partial charge is 0.276 e. The van der Waals surface area contributed by atoms with Crippen molar-refractivity contribution in [3.05, 3.63) is 75.8 Å². The molecule has 0 aliphatic rings. The zero-order chi connectivity index (χ0) is 21.8. The van der Waals surface area contributed by atoms with Crippen LogP contribution in [0, 0.1) is 26.6 Å². The molecule has 0 bridgehead atoms. The molecular weight excluding hydrogens is 411 g/mol. The molecule has 0 radical (unpaired) electrons. The molecule has 2 N–H and O–H groups in total. The number of ether oxygens (including phenoxy) is 1. The van der Waals surface area contributed by atoms with Crippen LogP contribution in [0.1, 0.15) is 27.2 Å². The van der Waals surface area contributed by atoms with E-state index in [0.29, 0.717) is 17.1 Å². The molecule has 9 heteroatoms. The van der Waals surface area contributed by atoms with Crippen molar-refractivity contribution in [3.8, 4) is 11.4 Å². The van der Waals surface area contributed by atoms with Crippen molar-refractivity contribution in [2.24, 2.45) is 0 Å². The fourth-order valence-electron chi connectivity index (χ4n) is 2.69. The summed E-state index contributed by atoms with van der Waals surface area (Å²) in [6, 6.07) is 11.0. The first-order valence-corrected chi connectivity index (χ1v) is 9.44. The van der Waals surface area contributed by atoms with Crippen LogP contribution in [-0.4, -0.2) is 28.2 Å². The molecule has 0 saturated carbocycles. The van der Waals surface area contributed by atoms with Crippen LogP contribution in [0.25, 0.3) is 5.69 Å². The second kappa shape index (κ2) is 8.96. The number of hydrazine groups is 1. The maximum absolute atomic E-state index is 13.1. The number of hydrogen-bond acceptors (Lipinski definition) is 4. The number of aromatic nitrogens is 2. The van der Waals surface area contributed by atoms with Crippen molar-refractivity contribution in [1.29, 1.82) is 0 Å². The monoisotopic (exact) mass is 430 g/mol. The highest BCUT2D eigenvalue weighted by Crippen LogP contribution is 2.23. The number of rotatable bonds is 5. The molecular formula is C21H20ClFN4O3. The number of halogens is 2. The summed E-state index contributed by atoms with van der Waals surface area (Å²) in [6.07, 6.45) is 0. The number of benzene rings is 2. The third-order valence-electron chi connectivity index (χ3n) is 4.47. The van der Waals surface area contributed by atoms with Crippen LogP contribution in [0.15, 0.2) is 42.5 Å². The highest BCUT2D eigenvalue weighted by Gasteiger charge is 2.21. The van der Waals surface area contributed by atoms with Gasteiger partial charge in [0.25, 0.3) is 11.8 Å². The lowest BCUT2D eigenvalue weighted by atomic mass is 10.1. The van der Waals surface area contributed by atoms with Crippen molar-refractivity contribution in [3.63, 3.8) is 0 Å². The lowest BCUT2D eigenvalue weighted by Crippen LogP contribution is -2.44. The zero-order valence-corrected chi connectivity index (χ0v) is 17.4. The molecule has 3 aromatic rings. The van der Waals surface area contributed by atoms with Gasteiger partial charge < -0.3 is 4.74 Å². The Kier molecular flexibility index (Phi) is 6.37. The summed E-state index contributed by atoms with van der Waals surface area (Å²) in [5, 5.41) is 4.25. The molecule has 3 rings (SSSR count). The van der Waals surface area contributed by atoms with Crippen molar-refractivity contribution >= 4 is 23.4 Å². The van der Waals surface area contributed by atoms with Crippen LogP contribution in [0.4, 0.5) is 4.39 Å². The summed E-state index contributed by atoms with van der Waals surface area (Å²) < 4.78 is 19.9. The van der Waals surface area contributed by atoms with Crippen LogP contribution in [0.3, 0.4) is 0 Å². The van der Waals surface area contributed by atoms with E-state index in [1.54, 1.807) is 13.0 Å². The van der Waals surface area contributed by atoms with E-state index in [9.17, 15) is 14.0 Å². The van der Waals surface area contributed by atoms with Crippen LogP contribution in [0.2, 0.25) is 5.15 Å². The molecule has 0 aliphatic heterocycles. The Bertz CT molecular complexity index is 1100. The van der Waals surface area contributed by atoms with E-state index < -0.39 is 17.6 Å². The average molecular weight is 431 g/mol. The lowest BCUT2D eigenvalue weighted by molar-refractivity contribution is -0.123. The fourth-order valence-corrected chi connectivity index (χ4v) is 3.05. The predicted molar refractivity (Wildman–Crippen MR) is 110 cm³/mol. The lowest BCUT2D eigenvalue weighted by Gasteiger charge is -2.10. The molecule has 1 aromatic heterocycles. The number of carbonyl (C=O) groups is 2. The standard InChI is InChI=1S/C21H20ClFN4O3/c1-12-4-9-17(10-13(12)2)30-11-18(28)24-25-21(29)19-14(3)26-27(20(19)22)16-7-5-15(23)6-8-16/h4-10H,11H2,1-3H3,(H,24,28)(H,25,29). The first kappa shape index (κ1) is 21.3. The third kappa shape index (κ3) is 4.77. The average Bonchev–Trinajstić information content (AvgIpc) is 3.01. The largest absolute Gasteiger partial charge is 0.484 e. The van der Waals surface area contributed by atoms with E-state index in [1.165, 1.54) is 28.9 Å². The molecule has 0 fully saturated rings. The zero-order valence-electron chi connectivity index (χ0n) is 16.6. The van der Waals surface area contributed by atoms with E-state index in [2.05, 4.69) is 16.0 Å². The van der Waals surface area contributed by atoms with Gasteiger partial charge in [-0.25, -0.2) is 9.07 Å². The number of carbonyl (C=O) groups excluding carboxylic acids is 2. The molecule has 30 heavy (non-hydrogen) atoms. The Morgan fingerprint density at radius 3 is 2.43 bits per heavy atom. The molecule has 2 amide bonds. The van der Waals surface area contributed by atoms with Gasteiger partial charge in [0, 0.05) is 0 Å². The molecule has 0 unspecified atom stereocenters. The number of hydrogen-bond donors (Lipinski definition) is 2. The van der Waals surface area contributed by atoms with Gasteiger partial charge in [-0.15, -0.1) is 0 Å². The maximum Gasteiger partial charge on any atom is 0.276 e. The second-order valence-electron chi connectivity index (χ2n) is 6.68. The molecule has 0 spiro atoms. The summed E-state index contributed by atoms with van der Waals surface area (Å²) in [5.41, 5.74) is 7.68. The second-order valence-corrected chi connectivity index (χ2v) is 7.03. The minimum Gasteiger partial charge on any atom is -0.484 e. The number of aryl methyl sites for hydroxylation is 3. The van der Waals surface area contributed by atoms with E-state index in [4.69, 9.17) is 16.3 Å². The van der Waals surface area contributed by atoms with E-state index >= 15 is 0 Å². The minimum atomic E-state index is -0.634. The van der Waals surface area contributed by atoms with E-state index in [-0.39, 0.29) is 17.3 Å². The Balaban J connectivity index is 1.61. The van der Waals surface area contributed by atoms with Crippen molar-refractivity contribution in [2.75, 3.05) is 6.61 Å². The summed E-state index contributed by atoms with van der Waals surface area (Å²) in [6.45, 7) is 5.25. The van der Waals surface area contributed by atoms with Crippen molar-refractivity contribution in [2.45, 2.75) is 20.8 Å². The predicted octanol–water partition coefficient (Wildman–Crippen LogP) is 3.43. The first-order chi connectivity index (χ1) is 14.3. The van der Waals surface area contributed by atoms with Crippen LogP contribution >= 0.6 is 11.6 Å². The van der Waals surface area contributed by atoms with Gasteiger partial charge in [0.1, 0.15) is 22.3 Å². The number of amides is 2. The maximum atomic E-state index is 13.1. The molecule has 1 heterocycles. The van der Waals surface area contributed by atoms with Gasteiger partial charge in [-0.1, -0.05) is 17.7 Å². The summed E-state index contributed by atoms with van der Waals surface area (Å²) in [7, 11) is 0. The van der Waals surface area contributed by atoms with Gasteiger partial charge in [0.2, 0.25) is 0 Å². The normalized spacial score (nSPS) is 10.6. The van der Waals surface area contributed by atoms with E-state index in [0.717, 1.165) is 11.1 Å². The van der Waals surface area contributed by atoms with Gasteiger partial charge >= 0.3 is 0 Å².